The number of carbonyl (C=O) groups excluding carboxylic acids is 1. The van der Waals surface area contributed by atoms with Gasteiger partial charge >= 0.3 is 0 Å². The number of fused-ring (bicyclic) bond motifs is 1. The summed E-state index contributed by atoms with van der Waals surface area (Å²) in [6.45, 7) is 5.83. The van der Waals surface area contributed by atoms with Gasteiger partial charge in [-0.1, -0.05) is 54.3 Å². The van der Waals surface area contributed by atoms with E-state index in [1.165, 1.54) is 11.3 Å². The van der Waals surface area contributed by atoms with Crippen molar-refractivity contribution >= 4 is 51.6 Å². The Hall–Kier alpha value is -4.16. The first kappa shape index (κ1) is 29.3. The second-order valence-electron chi connectivity index (χ2n) is 9.31. The van der Waals surface area contributed by atoms with Crippen LogP contribution in [0.2, 0.25) is 0 Å². The Kier molecular flexibility index (Phi) is 8.93. The number of nitrogens with zero attached hydrogens (tertiary/aromatic N) is 2. The second kappa shape index (κ2) is 12.8. The normalized spacial score (nSPS) is 14.6. The van der Waals surface area contributed by atoms with E-state index in [4.69, 9.17) is 19.2 Å². The fourth-order valence-corrected chi connectivity index (χ4v) is 6.54. The summed E-state index contributed by atoms with van der Waals surface area (Å²) in [4.78, 5) is 33.0. The van der Waals surface area contributed by atoms with Gasteiger partial charge in [0.05, 0.1) is 39.6 Å². The number of ether oxygens (including phenoxy) is 3. The smallest absolute Gasteiger partial charge is 0.271 e. The van der Waals surface area contributed by atoms with E-state index >= 15 is 0 Å². The maximum Gasteiger partial charge on any atom is 0.271 e. The Balaban J connectivity index is 1.66. The second-order valence-corrected chi connectivity index (χ2v) is 11.5. The molecule has 214 valence electrons. The van der Waals surface area contributed by atoms with E-state index < -0.39 is 6.04 Å². The van der Waals surface area contributed by atoms with Gasteiger partial charge in [0.2, 0.25) is 0 Å². The molecule has 8 nitrogen and oxygen atoms in total. The average molecular weight is 694 g/mol. The maximum absolute atomic E-state index is 14.1. The van der Waals surface area contributed by atoms with Crippen molar-refractivity contribution < 1.29 is 19.0 Å². The molecule has 1 amide bonds. The Morgan fingerprint density at radius 3 is 2.62 bits per heavy atom. The number of nitrogens with one attached hydrogen (secondary N) is 1. The van der Waals surface area contributed by atoms with Gasteiger partial charge in [0.1, 0.15) is 12.4 Å². The Labute approximate surface area is 260 Å². The van der Waals surface area contributed by atoms with Gasteiger partial charge in [-0.3, -0.25) is 14.2 Å². The summed E-state index contributed by atoms with van der Waals surface area (Å²) in [5.41, 5.74) is 2.80. The van der Waals surface area contributed by atoms with Crippen molar-refractivity contribution in [2.45, 2.75) is 13.0 Å². The molecular formula is C32H28IN3O5S. The van der Waals surface area contributed by atoms with Gasteiger partial charge in [-0.05, 0) is 83.1 Å². The fourth-order valence-electron chi connectivity index (χ4n) is 4.72. The van der Waals surface area contributed by atoms with Crippen LogP contribution in [0.5, 0.6) is 17.2 Å². The number of allylic oxidation sites excluding steroid dienone is 1. The van der Waals surface area contributed by atoms with E-state index in [0.29, 0.717) is 50.1 Å². The molecule has 0 saturated carbocycles. The zero-order valence-electron chi connectivity index (χ0n) is 23.2. The Bertz CT molecular complexity index is 1880. The van der Waals surface area contributed by atoms with Crippen LogP contribution in [0.25, 0.3) is 6.08 Å². The van der Waals surface area contributed by atoms with Crippen LogP contribution in [0, 0.1) is 3.57 Å². The summed E-state index contributed by atoms with van der Waals surface area (Å²) < 4.78 is 19.7. The number of anilines is 1. The number of amides is 1. The highest BCUT2D eigenvalue weighted by molar-refractivity contribution is 14.1. The number of halogens is 1. The first-order valence-electron chi connectivity index (χ1n) is 13.0. The molecule has 1 aromatic heterocycles. The number of hydrogen-bond acceptors (Lipinski definition) is 7. The zero-order chi connectivity index (χ0) is 29.8. The van der Waals surface area contributed by atoms with Crippen LogP contribution in [0.1, 0.15) is 24.1 Å². The molecule has 42 heavy (non-hydrogen) atoms. The van der Waals surface area contributed by atoms with Gasteiger partial charge in [0.15, 0.2) is 16.3 Å². The van der Waals surface area contributed by atoms with Crippen molar-refractivity contribution in [3.8, 4) is 17.2 Å². The summed E-state index contributed by atoms with van der Waals surface area (Å²) in [6.07, 6.45) is 3.47. The molecule has 1 aliphatic heterocycles. The van der Waals surface area contributed by atoms with E-state index in [1.807, 2.05) is 66.7 Å². The molecule has 5 rings (SSSR count). The minimum Gasteiger partial charge on any atom is -0.497 e. The molecule has 1 aliphatic rings. The topological polar surface area (TPSA) is 91.2 Å². The van der Waals surface area contributed by atoms with Crippen molar-refractivity contribution in [1.82, 2.24) is 4.57 Å². The first-order chi connectivity index (χ1) is 20.3. The van der Waals surface area contributed by atoms with Crippen LogP contribution in [-0.2, 0) is 4.79 Å². The van der Waals surface area contributed by atoms with E-state index in [-0.39, 0.29) is 11.5 Å². The Morgan fingerprint density at radius 2 is 1.90 bits per heavy atom. The number of rotatable bonds is 9. The molecule has 4 aromatic rings. The van der Waals surface area contributed by atoms with Crippen molar-refractivity contribution in [3.05, 3.63) is 125 Å². The monoisotopic (exact) mass is 693 g/mol. The third kappa shape index (κ3) is 5.90. The van der Waals surface area contributed by atoms with E-state index in [9.17, 15) is 9.59 Å². The molecule has 0 spiro atoms. The van der Waals surface area contributed by atoms with E-state index in [1.54, 1.807) is 37.9 Å². The van der Waals surface area contributed by atoms with Gasteiger partial charge in [0.25, 0.3) is 11.5 Å². The molecule has 0 aliphatic carbocycles. The summed E-state index contributed by atoms with van der Waals surface area (Å²) >= 11 is 3.45. The SMILES string of the molecule is C=CCOc1c(I)cc(/C=c2\sc3n(c2=O)[C@H](c2cccc(OC)c2)C(C(=O)Nc2ccccc2)=C(C)N=3)cc1OC. The lowest BCUT2D eigenvalue weighted by molar-refractivity contribution is -0.113. The Morgan fingerprint density at radius 1 is 1.12 bits per heavy atom. The molecule has 1 N–H and O–H groups in total. The average Bonchev–Trinajstić information content (AvgIpc) is 3.29. The predicted molar refractivity (Wildman–Crippen MR) is 173 cm³/mol. The van der Waals surface area contributed by atoms with Crippen molar-refractivity contribution in [3.63, 3.8) is 0 Å². The van der Waals surface area contributed by atoms with Crippen LogP contribution >= 0.6 is 33.9 Å². The van der Waals surface area contributed by atoms with Crippen LogP contribution in [0.4, 0.5) is 5.69 Å². The zero-order valence-corrected chi connectivity index (χ0v) is 26.2. The van der Waals surface area contributed by atoms with E-state index in [0.717, 1.165) is 14.7 Å². The molecular weight excluding hydrogens is 665 g/mol. The van der Waals surface area contributed by atoms with E-state index in [2.05, 4.69) is 34.5 Å². The molecule has 0 radical (unpaired) electrons. The fraction of sp³-hybridized carbons (Fsp3) is 0.156. The summed E-state index contributed by atoms with van der Waals surface area (Å²) in [6, 6.07) is 19.6. The maximum atomic E-state index is 14.1. The molecule has 0 unspecified atom stereocenters. The number of methoxy groups -OCH3 is 2. The van der Waals surface area contributed by atoms with Crippen molar-refractivity contribution in [2.24, 2.45) is 4.99 Å². The minimum absolute atomic E-state index is 0.259. The summed E-state index contributed by atoms with van der Waals surface area (Å²) in [7, 11) is 3.15. The van der Waals surface area contributed by atoms with Gasteiger partial charge in [-0.25, -0.2) is 4.99 Å². The lowest BCUT2D eigenvalue weighted by Gasteiger charge is -2.25. The standard InChI is InChI=1S/C32H28IN3O5S/c1-5-14-41-29-24(33)15-20(16-25(29)40-4)17-26-31(38)36-28(21-10-9-13-23(18-21)39-3)27(19(2)34-32(36)42-26)30(37)35-22-11-7-6-8-12-22/h5-13,15-18,28H,1,14H2,2-4H3,(H,35,37)/b26-17-/t28-/m1/s1. The largest absolute Gasteiger partial charge is 0.497 e. The molecule has 1 atom stereocenters. The lowest BCUT2D eigenvalue weighted by atomic mass is 9.95. The quantitative estimate of drug-likeness (QED) is 0.196. The van der Waals surface area contributed by atoms with Crippen LogP contribution in [0.15, 0.2) is 100 Å². The predicted octanol–water partition coefficient (Wildman–Crippen LogP) is 5.06. The highest BCUT2D eigenvalue weighted by atomic mass is 127. The number of thiazole rings is 1. The molecule has 2 heterocycles. The van der Waals surface area contributed by atoms with Crippen LogP contribution < -0.4 is 34.4 Å². The first-order valence-corrected chi connectivity index (χ1v) is 14.9. The number of aromatic nitrogens is 1. The van der Waals surface area contributed by atoms with Gasteiger partial charge in [0, 0.05) is 5.69 Å². The highest BCUT2D eigenvalue weighted by Gasteiger charge is 2.32. The number of benzene rings is 3. The number of hydrogen-bond donors (Lipinski definition) is 1. The molecule has 10 heteroatoms. The molecule has 0 fully saturated rings. The third-order valence-corrected chi connectivity index (χ3v) is 8.39. The van der Waals surface area contributed by atoms with Crippen LogP contribution in [0.3, 0.4) is 0 Å². The van der Waals surface area contributed by atoms with Crippen molar-refractivity contribution in [2.75, 3.05) is 26.1 Å². The van der Waals surface area contributed by atoms with Crippen molar-refractivity contribution in [1.29, 1.82) is 0 Å². The summed E-state index contributed by atoms with van der Waals surface area (Å²) in [5.74, 6) is 1.44. The molecule has 0 saturated heterocycles. The van der Waals surface area contributed by atoms with Gasteiger partial charge in [-0.2, -0.15) is 0 Å². The minimum atomic E-state index is -0.716. The number of carbonyl (C=O) groups is 1. The van der Waals surface area contributed by atoms with Gasteiger partial charge in [-0.15, -0.1) is 0 Å². The van der Waals surface area contributed by atoms with Gasteiger partial charge < -0.3 is 19.5 Å². The molecule has 0 bridgehead atoms. The third-order valence-electron chi connectivity index (χ3n) is 6.60. The summed E-state index contributed by atoms with van der Waals surface area (Å²) in [5, 5.41) is 2.97. The van der Waals surface area contributed by atoms with Crippen LogP contribution in [-0.4, -0.2) is 31.3 Å². The molecule has 3 aromatic carbocycles. The number of para-hydroxylation sites is 1. The highest BCUT2D eigenvalue weighted by Crippen LogP contribution is 2.35. The lowest BCUT2D eigenvalue weighted by Crippen LogP contribution is -2.40.